The van der Waals surface area contributed by atoms with Crippen molar-refractivity contribution < 1.29 is 9.47 Å². The van der Waals surface area contributed by atoms with Crippen LogP contribution in [0.3, 0.4) is 0 Å². The molecule has 1 atom stereocenters. The van der Waals surface area contributed by atoms with Crippen LogP contribution in [0.4, 0.5) is 5.69 Å². The van der Waals surface area contributed by atoms with E-state index < -0.39 is 0 Å². The number of hydrogen-bond donors (Lipinski definition) is 0. The van der Waals surface area contributed by atoms with Crippen molar-refractivity contribution in [2.24, 2.45) is 0 Å². The van der Waals surface area contributed by atoms with E-state index >= 15 is 0 Å². The molecule has 0 radical (unpaired) electrons. The number of methoxy groups -OCH3 is 2. The highest BCUT2D eigenvalue weighted by atomic mass is 16.5. The molecule has 3 aromatic rings. The van der Waals surface area contributed by atoms with Crippen LogP contribution in [-0.4, -0.2) is 65.5 Å². The molecule has 0 unspecified atom stereocenters. The summed E-state index contributed by atoms with van der Waals surface area (Å²) < 4.78 is 13.1. The number of piperazine rings is 1. The second kappa shape index (κ2) is 9.16. The van der Waals surface area contributed by atoms with Gasteiger partial charge in [0.1, 0.15) is 17.5 Å². The third-order valence-corrected chi connectivity index (χ3v) is 5.91. The van der Waals surface area contributed by atoms with Gasteiger partial charge < -0.3 is 14.4 Å². The van der Waals surface area contributed by atoms with Crippen LogP contribution in [0.2, 0.25) is 0 Å². The number of rotatable bonds is 6. The van der Waals surface area contributed by atoms with Crippen molar-refractivity contribution in [3.05, 3.63) is 59.9 Å². The van der Waals surface area contributed by atoms with Gasteiger partial charge in [0.05, 0.1) is 19.8 Å². The van der Waals surface area contributed by atoms with Crippen LogP contribution in [0.5, 0.6) is 11.5 Å². The lowest BCUT2D eigenvalue weighted by molar-refractivity contribution is 0.188. The van der Waals surface area contributed by atoms with E-state index in [9.17, 15) is 0 Å². The number of para-hydroxylation sites is 1. The molecule has 0 spiro atoms. The summed E-state index contributed by atoms with van der Waals surface area (Å²) in [5.41, 5.74) is 2.04. The Morgan fingerprint density at radius 3 is 2.25 bits per heavy atom. The van der Waals surface area contributed by atoms with Gasteiger partial charge in [-0.1, -0.05) is 18.2 Å². The average molecular weight is 437 g/mol. The Balaban J connectivity index is 1.71. The molecule has 4 rings (SSSR count). The second-order valence-electron chi connectivity index (χ2n) is 8.99. The van der Waals surface area contributed by atoms with Crippen molar-refractivity contribution in [2.45, 2.75) is 32.4 Å². The first-order valence-corrected chi connectivity index (χ1v) is 11.0. The largest absolute Gasteiger partial charge is 0.497 e. The minimum atomic E-state index is -0.247. The molecule has 32 heavy (non-hydrogen) atoms. The fourth-order valence-electron chi connectivity index (χ4n) is 4.26. The zero-order valence-electron chi connectivity index (χ0n) is 19.5. The first kappa shape index (κ1) is 22.1. The molecule has 8 nitrogen and oxygen atoms in total. The summed E-state index contributed by atoms with van der Waals surface area (Å²) in [4.78, 5) is 4.86. The monoisotopic (exact) mass is 436 g/mol. The van der Waals surface area contributed by atoms with Gasteiger partial charge in [-0.2, -0.15) is 0 Å². The molecule has 2 heterocycles. The fraction of sp³-hybridized carbons (Fsp3) is 0.458. The summed E-state index contributed by atoms with van der Waals surface area (Å²) in [6.07, 6.45) is 0. The summed E-state index contributed by atoms with van der Waals surface area (Å²) in [6.45, 7) is 9.96. The molecule has 2 aromatic carbocycles. The number of benzene rings is 2. The Bertz CT molecular complexity index is 1020. The zero-order valence-corrected chi connectivity index (χ0v) is 19.5. The van der Waals surface area contributed by atoms with Gasteiger partial charge in [-0.05, 0) is 55.5 Å². The van der Waals surface area contributed by atoms with Crippen LogP contribution in [-0.2, 0) is 5.54 Å². The highest BCUT2D eigenvalue weighted by Gasteiger charge is 2.35. The lowest BCUT2D eigenvalue weighted by atomic mass is 10.00. The molecule has 0 saturated carbocycles. The third-order valence-electron chi connectivity index (χ3n) is 5.91. The Hall–Kier alpha value is -3.13. The van der Waals surface area contributed by atoms with E-state index in [1.54, 1.807) is 14.2 Å². The van der Waals surface area contributed by atoms with Crippen molar-refractivity contribution >= 4 is 5.69 Å². The van der Waals surface area contributed by atoms with Gasteiger partial charge >= 0.3 is 0 Å². The number of anilines is 1. The van der Waals surface area contributed by atoms with Crippen molar-refractivity contribution in [1.29, 1.82) is 0 Å². The Morgan fingerprint density at radius 1 is 0.906 bits per heavy atom. The van der Waals surface area contributed by atoms with Crippen LogP contribution >= 0.6 is 0 Å². The van der Waals surface area contributed by atoms with Crippen LogP contribution in [0.15, 0.2) is 48.5 Å². The van der Waals surface area contributed by atoms with Gasteiger partial charge in [-0.15, -0.1) is 5.10 Å². The Kier molecular flexibility index (Phi) is 6.32. The molecule has 1 fully saturated rings. The van der Waals surface area contributed by atoms with Crippen LogP contribution in [0.1, 0.15) is 38.2 Å². The van der Waals surface area contributed by atoms with Gasteiger partial charge in [0.15, 0.2) is 5.82 Å². The van der Waals surface area contributed by atoms with Crippen LogP contribution in [0.25, 0.3) is 0 Å². The normalized spacial score (nSPS) is 16.1. The summed E-state index contributed by atoms with van der Waals surface area (Å²) in [5.74, 6) is 2.34. The maximum atomic E-state index is 5.78. The molecule has 1 aliphatic rings. The SMILES string of the molecule is COc1ccc([C@H](c2nnnn2C(C)(C)C)N2CCN(c3ccccc3)CC2)c(OC)c1. The summed E-state index contributed by atoms with van der Waals surface area (Å²) in [7, 11) is 3.35. The number of nitrogens with zero attached hydrogens (tertiary/aromatic N) is 6. The van der Waals surface area contributed by atoms with Crippen molar-refractivity contribution in [3.63, 3.8) is 0 Å². The van der Waals surface area contributed by atoms with E-state index in [0.29, 0.717) is 0 Å². The second-order valence-corrected chi connectivity index (χ2v) is 8.99. The van der Waals surface area contributed by atoms with Crippen LogP contribution in [0, 0.1) is 0 Å². The van der Waals surface area contributed by atoms with Gasteiger partial charge in [0, 0.05) is 43.5 Å². The minimum absolute atomic E-state index is 0.136. The first-order valence-electron chi connectivity index (χ1n) is 11.0. The Labute approximate surface area is 189 Å². The number of tetrazole rings is 1. The van der Waals surface area contributed by atoms with Gasteiger partial charge in [-0.25, -0.2) is 4.68 Å². The quantitative estimate of drug-likeness (QED) is 0.587. The predicted octanol–water partition coefficient (Wildman–Crippen LogP) is 3.36. The lowest BCUT2D eigenvalue weighted by Crippen LogP contribution is -2.48. The smallest absolute Gasteiger partial charge is 0.173 e. The topological polar surface area (TPSA) is 68.5 Å². The standard InChI is InChI=1S/C24H32N6O2/c1-24(2,3)30-23(25-26-27-30)22(20-12-11-19(31-4)17-21(20)32-5)29-15-13-28(14-16-29)18-9-7-6-8-10-18/h6-12,17,22H,13-16H2,1-5H3/t22-/m1/s1. The van der Waals surface area contributed by atoms with Crippen molar-refractivity contribution in [1.82, 2.24) is 25.1 Å². The van der Waals surface area contributed by atoms with E-state index in [4.69, 9.17) is 9.47 Å². The molecule has 0 aliphatic carbocycles. The molecule has 1 saturated heterocycles. The third kappa shape index (κ3) is 4.41. The molecule has 1 aromatic heterocycles. The maximum Gasteiger partial charge on any atom is 0.173 e. The van der Waals surface area contributed by atoms with Gasteiger partial charge in [0.25, 0.3) is 0 Å². The lowest BCUT2D eigenvalue weighted by Gasteiger charge is -2.40. The minimum Gasteiger partial charge on any atom is -0.497 e. The molecule has 1 aliphatic heterocycles. The van der Waals surface area contributed by atoms with E-state index in [-0.39, 0.29) is 11.6 Å². The van der Waals surface area contributed by atoms with Crippen molar-refractivity contribution in [2.75, 3.05) is 45.3 Å². The number of ether oxygens (including phenoxy) is 2. The van der Waals surface area contributed by atoms with Crippen LogP contribution < -0.4 is 14.4 Å². The van der Waals surface area contributed by atoms with E-state index in [1.807, 2.05) is 16.8 Å². The zero-order chi connectivity index (χ0) is 22.7. The first-order chi connectivity index (χ1) is 15.4. The summed E-state index contributed by atoms with van der Waals surface area (Å²) in [5, 5.41) is 12.9. The van der Waals surface area contributed by atoms with Gasteiger partial charge in [0.2, 0.25) is 0 Å². The summed E-state index contributed by atoms with van der Waals surface area (Å²) in [6, 6.07) is 16.4. The molecule has 0 amide bonds. The molecule has 170 valence electrons. The van der Waals surface area contributed by atoms with E-state index in [2.05, 4.69) is 82.5 Å². The number of aromatic nitrogens is 4. The molecular weight excluding hydrogens is 404 g/mol. The molecule has 0 N–H and O–H groups in total. The van der Waals surface area contributed by atoms with Crippen molar-refractivity contribution in [3.8, 4) is 11.5 Å². The molecule has 0 bridgehead atoms. The molecule has 8 heteroatoms. The van der Waals surface area contributed by atoms with Gasteiger partial charge in [-0.3, -0.25) is 4.90 Å². The Morgan fingerprint density at radius 2 is 1.62 bits per heavy atom. The highest BCUT2D eigenvalue weighted by molar-refractivity contribution is 5.47. The average Bonchev–Trinajstić information content (AvgIpc) is 3.31. The number of hydrogen-bond acceptors (Lipinski definition) is 7. The van der Waals surface area contributed by atoms with E-state index in [0.717, 1.165) is 49.1 Å². The molecular formula is C24H32N6O2. The van der Waals surface area contributed by atoms with E-state index in [1.165, 1.54) is 5.69 Å². The maximum absolute atomic E-state index is 5.78. The fourth-order valence-corrected chi connectivity index (χ4v) is 4.26. The summed E-state index contributed by atoms with van der Waals surface area (Å²) >= 11 is 0. The predicted molar refractivity (Wildman–Crippen MR) is 124 cm³/mol. The highest BCUT2D eigenvalue weighted by Crippen LogP contribution is 2.37.